The van der Waals surface area contributed by atoms with Gasteiger partial charge in [0, 0.05) is 10.9 Å². The molecule has 0 atom stereocenters. The third-order valence-corrected chi connectivity index (χ3v) is 4.32. The predicted molar refractivity (Wildman–Crippen MR) is 105 cm³/mol. The molecule has 0 amide bonds. The molecule has 0 spiro atoms. The molecule has 0 bridgehead atoms. The zero-order valence-corrected chi connectivity index (χ0v) is 17.0. The maximum Gasteiger partial charge on any atom is 0.320 e. The van der Waals surface area contributed by atoms with E-state index in [0.717, 1.165) is 15.6 Å². The molecule has 0 N–H and O–H groups in total. The van der Waals surface area contributed by atoms with Gasteiger partial charge in [-0.2, -0.15) is 0 Å². The third-order valence-electron chi connectivity index (χ3n) is 3.83. The van der Waals surface area contributed by atoms with Crippen molar-refractivity contribution in [2.24, 2.45) is 5.92 Å². The topological polar surface area (TPSA) is 61.8 Å². The van der Waals surface area contributed by atoms with E-state index < -0.39 is 17.9 Å². The first kappa shape index (κ1) is 21.0. The molecule has 2 aromatic rings. The van der Waals surface area contributed by atoms with Gasteiger partial charge in [0.1, 0.15) is 12.4 Å². The van der Waals surface area contributed by atoms with Crippen LogP contribution in [0.1, 0.15) is 25.0 Å². The molecule has 0 aliphatic rings. The molecule has 0 aliphatic carbocycles. The summed E-state index contributed by atoms with van der Waals surface area (Å²) in [4.78, 5) is 24.5. The standard InChI is InChI=1S/C21H23BrO5/c1-3-25-20(23)18(21(24)26-4-2)13-16-12-17(22)10-11-19(16)27-14-15-8-6-5-7-9-15/h5-12,18H,3-4,13-14H2,1-2H3. The van der Waals surface area contributed by atoms with Gasteiger partial charge in [-0.1, -0.05) is 46.3 Å². The van der Waals surface area contributed by atoms with Crippen molar-refractivity contribution in [3.05, 3.63) is 64.1 Å². The van der Waals surface area contributed by atoms with Crippen LogP contribution in [0.2, 0.25) is 0 Å². The normalized spacial score (nSPS) is 10.5. The van der Waals surface area contributed by atoms with Gasteiger partial charge in [-0.05, 0) is 43.2 Å². The molecule has 144 valence electrons. The fraction of sp³-hybridized carbons (Fsp3) is 0.333. The van der Waals surface area contributed by atoms with Gasteiger partial charge in [-0.25, -0.2) is 0 Å². The highest BCUT2D eigenvalue weighted by molar-refractivity contribution is 9.10. The summed E-state index contributed by atoms with van der Waals surface area (Å²) >= 11 is 3.43. The number of hydrogen-bond acceptors (Lipinski definition) is 5. The first-order valence-electron chi connectivity index (χ1n) is 8.83. The highest BCUT2D eigenvalue weighted by Gasteiger charge is 2.30. The maximum absolute atomic E-state index is 12.3. The number of hydrogen-bond donors (Lipinski definition) is 0. The average Bonchev–Trinajstić information content (AvgIpc) is 2.66. The summed E-state index contributed by atoms with van der Waals surface area (Å²) in [6, 6.07) is 15.3. The highest BCUT2D eigenvalue weighted by Crippen LogP contribution is 2.27. The maximum atomic E-state index is 12.3. The fourth-order valence-electron chi connectivity index (χ4n) is 2.55. The van der Waals surface area contributed by atoms with E-state index in [1.807, 2.05) is 48.5 Å². The summed E-state index contributed by atoms with van der Waals surface area (Å²) in [6.07, 6.45) is 0.140. The molecule has 0 saturated carbocycles. The highest BCUT2D eigenvalue weighted by atomic mass is 79.9. The first-order valence-corrected chi connectivity index (χ1v) is 9.62. The minimum absolute atomic E-state index is 0.140. The Labute approximate surface area is 167 Å². The summed E-state index contributed by atoms with van der Waals surface area (Å²) in [6.45, 7) is 4.19. The van der Waals surface area contributed by atoms with Crippen molar-refractivity contribution in [1.82, 2.24) is 0 Å². The van der Waals surface area contributed by atoms with E-state index in [9.17, 15) is 9.59 Å². The Morgan fingerprint density at radius 1 is 0.963 bits per heavy atom. The van der Waals surface area contributed by atoms with E-state index >= 15 is 0 Å². The lowest BCUT2D eigenvalue weighted by Gasteiger charge is -2.17. The van der Waals surface area contributed by atoms with Crippen LogP contribution in [0.4, 0.5) is 0 Å². The zero-order chi connectivity index (χ0) is 19.6. The molecule has 2 aromatic carbocycles. The Hall–Kier alpha value is -2.34. The van der Waals surface area contributed by atoms with Crippen molar-refractivity contribution >= 4 is 27.9 Å². The predicted octanol–water partition coefficient (Wildman–Crippen LogP) is 4.31. The van der Waals surface area contributed by atoms with Gasteiger partial charge in [0.25, 0.3) is 0 Å². The zero-order valence-electron chi connectivity index (χ0n) is 15.4. The van der Waals surface area contributed by atoms with E-state index in [1.54, 1.807) is 13.8 Å². The minimum Gasteiger partial charge on any atom is -0.489 e. The van der Waals surface area contributed by atoms with Crippen LogP contribution in [-0.2, 0) is 32.1 Å². The summed E-state index contributed by atoms with van der Waals surface area (Å²) in [5.74, 6) is -1.60. The Balaban J connectivity index is 2.21. The molecule has 6 heteroatoms. The smallest absolute Gasteiger partial charge is 0.320 e. The van der Waals surface area contributed by atoms with E-state index in [2.05, 4.69) is 15.9 Å². The summed E-state index contributed by atoms with van der Waals surface area (Å²) in [5, 5.41) is 0. The monoisotopic (exact) mass is 434 g/mol. The van der Waals surface area contributed by atoms with E-state index in [4.69, 9.17) is 14.2 Å². The van der Waals surface area contributed by atoms with Gasteiger partial charge in [0.2, 0.25) is 0 Å². The van der Waals surface area contributed by atoms with E-state index in [1.165, 1.54) is 0 Å². The fourth-order valence-corrected chi connectivity index (χ4v) is 2.96. The number of carbonyl (C=O) groups is 2. The van der Waals surface area contributed by atoms with Gasteiger partial charge in [0.05, 0.1) is 13.2 Å². The lowest BCUT2D eigenvalue weighted by molar-refractivity contribution is -0.161. The molecular formula is C21H23BrO5. The van der Waals surface area contributed by atoms with Crippen molar-refractivity contribution in [3.8, 4) is 5.75 Å². The van der Waals surface area contributed by atoms with Crippen LogP contribution >= 0.6 is 15.9 Å². The molecule has 0 aliphatic heterocycles. The summed E-state index contributed by atoms with van der Waals surface area (Å²) in [5.41, 5.74) is 1.75. The average molecular weight is 435 g/mol. The SMILES string of the molecule is CCOC(=O)C(Cc1cc(Br)ccc1OCc1ccccc1)C(=O)OCC. The number of esters is 2. The molecule has 0 radical (unpaired) electrons. The number of rotatable bonds is 9. The largest absolute Gasteiger partial charge is 0.489 e. The van der Waals surface area contributed by atoms with E-state index in [-0.39, 0.29) is 19.6 Å². The Kier molecular flexibility index (Phi) is 8.33. The molecule has 0 saturated heterocycles. The van der Waals surface area contributed by atoms with Crippen LogP contribution in [-0.4, -0.2) is 25.2 Å². The molecule has 0 heterocycles. The van der Waals surface area contributed by atoms with Gasteiger partial charge in [-0.15, -0.1) is 0 Å². The number of carbonyl (C=O) groups excluding carboxylic acids is 2. The molecule has 0 fully saturated rings. The van der Waals surface area contributed by atoms with Gasteiger partial charge in [-0.3, -0.25) is 9.59 Å². The second-order valence-electron chi connectivity index (χ2n) is 5.79. The Morgan fingerprint density at radius 2 is 1.59 bits per heavy atom. The van der Waals surface area contributed by atoms with Gasteiger partial charge < -0.3 is 14.2 Å². The van der Waals surface area contributed by atoms with Crippen molar-refractivity contribution in [2.75, 3.05) is 13.2 Å². The molecule has 27 heavy (non-hydrogen) atoms. The third kappa shape index (κ3) is 6.40. The number of halogens is 1. The first-order chi connectivity index (χ1) is 13.0. The summed E-state index contributed by atoms with van der Waals surface area (Å²) in [7, 11) is 0. The van der Waals surface area contributed by atoms with Gasteiger partial charge in [0.15, 0.2) is 5.92 Å². The molecule has 5 nitrogen and oxygen atoms in total. The molecule has 2 rings (SSSR count). The van der Waals surface area contributed by atoms with Crippen LogP contribution < -0.4 is 4.74 Å². The van der Waals surface area contributed by atoms with E-state index in [0.29, 0.717) is 12.4 Å². The van der Waals surface area contributed by atoms with Crippen molar-refractivity contribution in [3.63, 3.8) is 0 Å². The Bertz CT molecular complexity index is 742. The van der Waals surface area contributed by atoms with Crippen LogP contribution in [0.5, 0.6) is 5.75 Å². The molecule has 0 aromatic heterocycles. The molecular weight excluding hydrogens is 412 g/mol. The second-order valence-corrected chi connectivity index (χ2v) is 6.70. The minimum atomic E-state index is -1.03. The van der Waals surface area contributed by atoms with Crippen molar-refractivity contribution in [2.45, 2.75) is 26.9 Å². The lowest BCUT2D eigenvalue weighted by Crippen LogP contribution is -2.30. The quantitative estimate of drug-likeness (QED) is 0.434. The van der Waals surface area contributed by atoms with Crippen LogP contribution in [0.15, 0.2) is 53.0 Å². The van der Waals surface area contributed by atoms with Crippen LogP contribution in [0.3, 0.4) is 0 Å². The van der Waals surface area contributed by atoms with Crippen LogP contribution in [0.25, 0.3) is 0 Å². The summed E-state index contributed by atoms with van der Waals surface area (Å²) < 4.78 is 16.9. The van der Waals surface area contributed by atoms with Crippen molar-refractivity contribution in [1.29, 1.82) is 0 Å². The lowest BCUT2D eigenvalue weighted by atomic mass is 9.98. The van der Waals surface area contributed by atoms with Crippen molar-refractivity contribution < 1.29 is 23.8 Å². The van der Waals surface area contributed by atoms with Gasteiger partial charge >= 0.3 is 11.9 Å². The second kappa shape index (κ2) is 10.7. The van der Waals surface area contributed by atoms with Crippen LogP contribution in [0, 0.1) is 5.92 Å². The Morgan fingerprint density at radius 3 is 2.19 bits per heavy atom. The number of ether oxygens (including phenoxy) is 3. The number of benzene rings is 2. The molecule has 0 unspecified atom stereocenters.